The Bertz CT molecular complexity index is 794. The van der Waals surface area contributed by atoms with Gasteiger partial charge in [0.1, 0.15) is 5.75 Å². The molecule has 0 unspecified atom stereocenters. The summed E-state index contributed by atoms with van der Waals surface area (Å²) in [6, 6.07) is 14.7. The van der Waals surface area contributed by atoms with Crippen molar-refractivity contribution in [1.29, 1.82) is 0 Å². The minimum absolute atomic E-state index is 0.0324. The fourth-order valence-electron chi connectivity index (χ4n) is 2.91. The predicted octanol–water partition coefficient (Wildman–Crippen LogP) is 2.99. The fraction of sp³-hybridized carbons (Fsp3) is 0.263. The number of nitrogens with zero attached hydrogens (tertiary/aromatic N) is 1. The molecule has 2 amide bonds. The molecule has 130 valence electrons. The van der Waals surface area contributed by atoms with Crippen molar-refractivity contribution in [3.63, 3.8) is 0 Å². The van der Waals surface area contributed by atoms with Gasteiger partial charge in [-0.25, -0.2) is 0 Å². The molecule has 1 atom stereocenters. The van der Waals surface area contributed by atoms with Crippen LogP contribution < -0.4 is 15.0 Å². The molecule has 3 rings (SSSR count). The monoisotopic (exact) mass is 358 g/mol. The number of para-hydroxylation sites is 1. The lowest BCUT2D eigenvalue weighted by atomic mass is 9.89. The number of amides is 2. The van der Waals surface area contributed by atoms with Crippen LogP contribution >= 0.6 is 11.6 Å². The van der Waals surface area contributed by atoms with E-state index in [-0.39, 0.29) is 24.3 Å². The summed E-state index contributed by atoms with van der Waals surface area (Å²) >= 11 is 5.88. The van der Waals surface area contributed by atoms with E-state index in [0.29, 0.717) is 23.7 Å². The summed E-state index contributed by atoms with van der Waals surface area (Å²) in [5.41, 5.74) is 1.97. The van der Waals surface area contributed by atoms with Crippen LogP contribution in [0.5, 0.6) is 5.75 Å². The topological polar surface area (TPSA) is 58.6 Å². The highest BCUT2D eigenvalue weighted by molar-refractivity contribution is 6.30. The summed E-state index contributed by atoms with van der Waals surface area (Å²) in [6.45, 7) is 0.302. The minimum Gasteiger partial charge on any atom is -0.484 e. The average Bonchev–Trinajstić information content (AvgIpc) is 2.62. The van der Waals surface area contributed by atoms with E-state index in [9.17, 15) is 9.59 Å². The Labute approximate surface area is 151 Å². The SMILES string of the molecule is CN1C(=O)C[C@@H](CNC(=O)COc2cccc(Cl)c2)c2ccccc21. The number of hydrogen-bond donors (Lipinski definition) is 1. The Morgan fingerprint density at radius 1 is 1.28 bits per heavy atom. The first-order chi connectivity index (χ1) is 12.0. The average molecular weight is 359 g/mol. The Morgan fingerprint density at radius 2 is 2.08 bits per heavy atom. The Balaban J connectivity index is 1.57. The predicted molar refractivity (Wildman–Crippen MR) is 97.2 cm³/mol. The van der Waals surface area contributed by atoms with Crippen LogP contribution in [0.2, 0.25) is 5.02 Å². The molecule has 0 aliphatic carbocycles. The quantitative estimate of drug-likeness (QED) is 0.893. The smallest absolute Gasteiger partial charge is 0.257 e. The van der Waals surface area contributed by atoms with Crippen LogP contribution in [-0.4, -0.2) is 32.0 Å². The third-order valence-corrected chi connectivity index (χ3v) is 4.48. The molecule has 0 radical (unpaired) electrons. The fourth-order valence-corrected chi connectivity index (χ4v) is 3.09. The van der Waals surface area contributed by atoms with E-state index in [4.69, 9.17) is 16.3 Å². The van der Waals surface area contributed by atoms with Gasteiger partial charge in [0.25, 0.3) is 5.91 Å². The number of hydrogen-bond acceptors (Lipinski definition) is 3. The van der Waals surface area contributed by atoms with E-state index in [1.54, 1.807) is 36.2 Å². The lowest BCUT2D eigenvalue weighted by molar-refractivity contribution is -0.124. The van der Waals surface area contributed by atoms with Crippen LogP contribution in [0, 0.1) is 0 Å². The van der Waals surface area contributed by atoms with Crippen LogP contribution in [-0.2, 0) is 9.59 Å². The van der Waals surface area contributed by atoms with Crippen LogP contribution in [0.15, 0.2) is 48.5 Å². The van der Waals surface area contributed by atoms with Gasteiger partial charge in [0.05, 0.1) is 0 Å². The van der Waals surface area contributed by atoms with E-state index in [1.165, 1.54) is 0 Å². The molecule has 1 aliphatic heterocycles. The van der Waals surface area contributed by atoms with Gasteiger partial charge in [-0.2, -0.15) is 0 Å². The van der Waals surface area contributed by atoms with Gasteiger partial charge in [0.15, 0.2) is 6.61 Å². The maximum Gasteiger partial charge on any atom is 0.257 e. The van der Waals surface area contributed by atoms with Crippen LogP contribution in [0.25, 0.3) is 0 Å². The number of nitrogens with one attached hydrogen (secondary N) is 1. The molecule has 0 aromatic heterocycles. The number of halogens is 1. The van der Waals surface area contributed by atoms with Crippen molar-refractivity contribution in [2.45, 2.75) is 12.3 Å². The van der Waals surface area contributed by atoms with Gasteiger partial charge in [-0.3, -0.25) is 9.59 Å². The number of carbonyl (C=O) groups excluding carboxylic acids is 2. The zero-order valence-corrected chi connectivity index (χ0v) is 14.6. The summed E-state index contributed by atoms with van der Waals surface area (Å²) in [5.74, 6) is 0.328. The second-order valence-electron chi connectivity index (χ2n) is 5.96. The van der Waals surface area contributed by atoms with E-state index in [0.717, 1.165) is 11.3 Å². The highest BCUT2D eigenvalue weighted by Crippen LogP contribution is 2.34. The summed E-state index contributed by atoms with van der Waals surface area (Å²) in [4.78, 5) is 25.8. The molecule has 2 aromatic carbocycles. The highest BCUT2D eigenvalue weighted by atomic mass is 35.5. The molecule has 0 spiro atoms. The summed E-state index contributed by atoms with van der Waals surface area (Å²) in [6.07, 6.45) is 0.378. The number of benzene rings is 2. The molecular formula is C19H19ClN2O3. The molecule has 0 saturated heterocycles. The van der Waals surface area contributed by atoms with Gasteiger partial charge < -0.3 is 15.0 Å². The molecule has 5 nitrogen and oxygen atoms in total. The van der Waals surface area contributed by atoms with Crippen molar-refractivity contribution in [2.24, 2.45) is 0 Å². The first-order valence-electron chi connectivity index (χ1n) is 8.05. The number of ether oxygens (including phenoxy) is 1. The van der Waals surface area contributed by atoms with Gasteiger partial charge in [-0.05, 0) is 29.8 Å². The maximum absolute atomic E-state index is 12.1. The second-order valence-corrected chi connectivity index (χ2v) is 6.40. The van der Waals surface area contributed by atoms with Crippen molar-refractivity contribution in [1.82, 2.24) is 5.32 Å². The van der Waals surface area contributed by atoms with E-state index < -0.39 is 0 Å². The zero-order valence-electron chi connectivity index (χ0n) is 13.9. The van der Waals surface area contributed by atoms with E-state index in [2.05, 4.69) is 5.32 Å². The molecule has 2 aromatic rings. The van der Waals surface area contributed by atoms with Crippen LogP contribution in [0.3, 0.4) is 0 Å². The standard InChI is InChI=1S/C19H19ClN2O3/c1-22-17-8-3-2-7-16(17)13(9-19(22)24)11-21-18(23)12-25-15-6-4-5-14(20)10-15/h2-8,10,13H,9,11-12H2,1H3,(H,21,23)/t13-/m0/s1. The first kappa shape index (κ1) is 17.3. The molecule has 0 saturated carbocycles. The van der Waals surface area contributed by atoms with Crippen LogP contribution in [0.4, 0.5) is 5.69 Å². The Morgan fingerprint density at radius 3 is 2.88 bits per heavy atom. The third kappa shape index (κ3) is 4.12. The van der Waals surface area contributed by atoms with Gasteiger partial charge in [0.2, 0.25) is 5.91 Å². The molecule has 1 N–H and O–H groups in total. The largest absolute Gasteiger partial charge is 0.484 e. The number of fused-ring (bicyclic) bond motifs is 1. The number of rotatable bonds is 5. The Hall–Kier alpha value is -2.53. The van der Waals surface area contributed by atoms with Crippen LogP contribution in [0.1, 0.15) is 17.9 Å². The van der Waals surface area contributed by atoms with Gasteiger partial charge in [-0.15, -0.1) is 0 Å². The van der Waals surface area contributed by atoms with Crippen molar-refractivity contribution in [2.75, 3.05) is 25.1 Å². The summed E-state index contributed by atoms with van der Waals surface area (Å²) < 4.78 is 5.42. The zero-order chi connectivity index (χ0) is 17.8. The second kappa shape index (κ2) is 7.57. The number of anilines is 1. The van der Waals surface area contributed by atoms with Crippen molar-refractivity contribution >= 4 is 29.1 Å². The third-order valence-electron chi connectivity index (χ3n) is 4.24. The van der Waals surface area contributed by atoms with Crippen molar-refractivity contribution in [3.8, 4) is 5.75 Å². The van der Waals surface area contributed by atoms with Crippen molar-refractivity contribution in [3.05, 3.63) is 59.1 Å². The normalized spacial score (nSPS) is 16.3. The minimum atomic E-state index is -0.233. The summed E-state index contributed by atoms with van der Waals surface area (Å²) in [7, 11) is 1.77. The van der Waals surface area contributed by atoms with Crippen molar-refractivity contribution < 1.29 is 14.3 Å². The Kier molecular flexibility index (Phi) is 5.24. The van der Waals surface area contributed by atoms with E-state index in [1.807, 2.05) is 24.3 Å². The van der Waals surface area contributed by atoms with Gasteiger partial charge in [0, 0.05) is 36.6 Å². The highest BCUT2D eigenvalue weighted by Gasteiger charge is 2.28. The van der Waals surface area contributed by atoms with Gasteiger partial charge >= 0.3 is 0 Å². The molecule has 1 heterocycles. The molecule has 25 heavy (non-hydrogen) atoms. The molecule has 0 fully saturated rings. The van der Waals surface area contributed by atoms with E-state index >= 15 is 0 Å². The molecule has 0 bridgehead atoms. The van der Waals surface area contributed by atoms with Gasteiger partial charge in [-0.1, -0.05) is 35.9 Å². The first-order valence-corrected chi connectivity index (χ1v) is 8.43. The lowest BCUT2D eigenvalue weighted by Gasteiger charge is -2.31. The molecule has 6 heteroatoms. The maximum atomic E-state index is 12.1. The molecular weight excluding hydrogens is 340 g/mol. The number of carbonyl (C=O) groups is 2. The lowest BCUT2D eigenvalue weighted by Crippen LogP contribution is -2.38. The molecule has 1 aliphatic rings. The summed E-state index contributed by atoms with van der Waals surface area (Å²) in [5, 5.41) is 3.40.